The van der Waals surface area contributed by atoms with Crippen molar-refractivity contribution < 1.29 is 33.0 Å². The van der Waals surface area contributed by atoms with Crippen LogP contribution < -0.4 is 5.73 Å². The number of rotatable bonds is 10. The van der Waals surface area contributed by atoms with Gasteiger partial charge in [0.15, 0.2) is 6.10 Å². The SMILES string of the molecule is CCOC(C(=O)N(CC(=O)O)Cc1ccc(C(=N)N)cc1)c1c(F)cc(C2CCCO2)cc1F. The number of hydrogen-bond acceptors (Lipinski definition) is 5. The second-order valence-electron chi connectivity index (χ2n) is 7.93. The summed E-state index contributed by atoms with van der Waals surface area (Å²) in [5.74, 6) is -4.24. The Morgan fingerprint density at radius 1 is 1.26 bits per heavy atom. The van der Waals surface area contributed by atoms with Crippen molar-refractivity contribution in [1.82, 2.24) is 4.90 Å². The average Bonchev–Trinajstić information content (AvgIpc) is 3.32. The second kappa shape index (κ2) is 11.2. The predicted molar refractivity (Wildman–Crippen MR) is 119 cm³/mol. The van der Waals surface area contributed by atoms with Crippen molar-refractivity contribution in [3.63, 3.8) is 0 Å². The van der Waals surface area contributed by atoms with Crippen LogP contribution >= 0.6 is 0 Å². The molecule has 8 nitrogen and oxygen atoms in total. The smallest absolute Gasteiger partial charge is 0.323 e. The van der Waals surface area contributed by atoms with Gasteiger partial charge in [0.1, 0.15) is 24.0 Å². The van der Waals surface area contributed by atoms with E-state index in [1.807, 2.05) is 0 Å². The molecular weight excluding hydrogens is 448 g/mol. The van der Waals surface area contributed by atoms with E-state index < -0.39 is 47.8 Å². The van der Waals surface area contributed by atoms with Crippen LogP contribution in [0.1, 0.15) is 54.2 Å². The average molecular weight is 475 g/mol. The molecule has 0 radical (unpaired) electrons. The van der Waals surface area contributed by atoms with Gasteiger partial charge in [0.05, 0.1) is 11.7 Å². The van der Waals surface area contributed by atoms with Crippen molar-refractivity contribution in [1.29, 1.82) is 5.41 Å². The number of benzene rings is 2. The third kappa shape index (κ3) is 5.95. The Hall–Kier alpha value is -3.37. The first-order valence-electron chi connectivity index (χ1n) is 10.9. The first kappa shape index (κ1) is 25.3. The van der Waals surface area contributed by atoms with Gasteiger partial charge in [0, 0.05) is 25.3 Å². The highest BCUT2D eigenvalue weighted by Crippen LogP contribution is 2.33. The maximum absolute atomic E-state index is 15.1. The van der Waals surface area contributed by atoms with Crippen molar-refractivity contribution in [3.8, 4) is 0 Å². The molecule has 0 aromatic heterocycles. The van der Waals surface area contributed by atoms with Gasteiger partial charge < -0.3 is 25.2 Å². The molecule has 1 saturated heterocycles. The molecule has 0 aliphatic carbocycles. The molecule has 2 aromatic rings. The van der Waals surface area contributed by atoms with E-state index in [4.69, 9.17) is 20.6 Å². The lowest BCUT2D eigenvalue weighted by Crippen LogP contribution is -2.39. The van der Waals surface area contributed by atoms with Crippen molar-refractivity contribution >= 4 is 17.7 Å². The van der Waals surface area contributed by atoms with Crippen molar-refractivity contribution in [2.75, 3.05) is 19.8 Å². The summed E-state index contributed by atoms with van der Waals surface area (Å²) in [6, 6.07) is 8.57. The summed E-state index contributed by atoms with van der Waals surface area (Å²) in [7, 11) is 0. The minimum Gasteiger partial charge on any atom is -0.480 e. The molecule has 182 valence electrons. The molecule has 0 spiro atoms. The molecule has 2 aromatic carbocycles. The van der Waals surface area contributed by atoms with Crippen molar-refractivity contribution in [2.24, 2.45) is 5.73 Å². The summed E-state index contributed by atoms with van der Waals surface area (Å²) >= 11 is 0. The number of amides is 1. The largest absolute Gasteiger partial charge is 0.480 e. The fourth-order valence-corrected chi connectivity index (χ4v) is 3.88. The number of hydrogen-bond donors (Lipinski definition) is 3. The normalized spacial score (nSPS) is 16.3. The lowest BCUT2D eigenvalue weighted by molar-refractivity contribution is -0.151. The molecule has 3 rings (SSSR count). The number of halogens is 2. The monoisotopic (exact) mass is 475 g/mol. The Labute approximate surface area is 195 Å². The molecule has 2 unspecified atom stereocenters. The molecule has 1 amide bonds. The number of amidine groups is 1. The fraction of sp³-hybridized carbons (Fsp3) is 0.375. The molecule has 34 heavy (non-hydrogen) atoms. The first-order chi connectivity index (χ1) is 16.2. The molecule has 1 aliphatic heterocycles. The lowest BCUT2D eigenvalue weighted by Gasteiger charge is -2.27. The highest BCUT2D eigenvalue weighted by atomic mass is 19.1. The van der Waals surface area contributed by atoms with Gasteiger partial charge in [-0.1, -0.05) is 24.3 Å². The topological polar surface area (TPSA) is 126 Å². The van der Waals surface area contributed by atoms with Gasteiger partial charge in [-0.2, -0.15) is 0 Å². The summed E-state index contributed by atoms with van der Waals surface area (Å²) in [5.41, 5.74) is 6.21. The number of nitrogens with one attached hydrogen (secondary N) is 1. The van der Waals surface area contributed by atoms with Gasteiger partial charge in [0.25, 0.3) is 5.91 Å². The highest BCUT2D eigenvalue weighted by Gasteiger charge is 2.33. The third-order valence-electron chi connectivity index (χ3n) is 5.50. The van der Waals surface area contributed by atoms with Crippen LogP contribution in [0.15, 0.2) is 36.4 Å². The third-order valence-corrected chi connectivity index (χ3v) is 5.50. The lowest BCUT2D eigenvalue weighted by atomic mass is 9.99. The molecule has 1 aliphatic rings. The molecule has 4 N–H and O–H groups in total. The van der Waals surface area contributed by atoms with E-state index >= 15 is 8.78 Å². The van der Waals surface area contributed by atoms with Crippen molar-refractivity contribution in [3.05, 3.63) is 70.3 Å². The quantitative estimate of drug-likeness (QED) is 0.358. The Morgan fingerprint density at radius 2 is 1.91 bits per heavy atom. The molecule has 1 fully saturated rings. The van der Waals surface area contributed by atoms with Crippen LogP contribution in [0.5, 0.6) is 0 Å². The number of nitrogens with two attached hydrogens (primary N) is 1. The second-order valence-corrected chi connectivity index (χ2v) is 7.93. The van der Waals surface area contributed by atoms with Crippen molar-refractivity contribution in [2.45, 2.75) is 38.5 Å². The molecule has 10 heteroatoms. The van der Waals surface area contributed by atoms with E-state index in [0.29, 0.717) is 29.7 Å². The van der Waals surface area contributed by atoms with E-state index in [2.05, 4.69) is 0 Å². The summed E-state index contributed by atoms with van der Waals surface area (Å²) < 4.78 is 41.1. The Kier molecular flexibility index (Phi) is 8.30. The van der Waals surface area contributed by atoms with Gasteiger partial charge in [-0.25, -0.2) is 8.78 Å². The number of nitrogens with zero attached hydrogens (tertiary/aromatic N) is 1. The summed E-state index contributed by atoms with van der Waals surface area (Å²) in [5, 5.41) is 16.8. The standard InChI is InChI=1S/C24H27F2N3O5/c1-2-33-22(21-17(25)10-16(11-18(21)26)19-4-3-9-34-19)24(32)29(13-20(30)31)12-14-5-7-15(8-6-14)23(27)28/h5-8,10-11,19,22H,2-4,9,12-13H2,1H3,(H3,27,28)(H,30,31). The Bertz CT molecular complexity index is 1030. The molecule has 1 heterocycles. The zero-order valence-corrected chi connectivity index (χ0v) is 18.7. The maximum Gasteiger partial charge on any atom is 0.323 e. The van der Waals surface area contributed by atoms with Gasteiger partial charge >= 0.3 is 5.97 Å². The fourth-order valence-electron chi connectivity index (χ4n) is 3.88. The van der Waals surface area contributed by atoms with Gasteiger partial charge in [-0.15, -0.1) is 0 Å². The summed E-state index contributed by atoms with van der Waals surface area (Å²) in [6.45, 7) is 1.20. The minimum atomic E-state index is -1.67. The van der Waals surface area contributed by atoms with Gasteiger partial charge in [-0.3, -0.25) is 15.0 Å². The molecule has 0 saturated carbocycles. The van der Waals surface area contributed by atoms with E-state index in [9.17, 15) is 14.7 Å². The van der Waals surface area contributed by atoms with E-state index in [-0.39, 0.29) is 19.0 Å². The number of carboxylic acids is 1. The van der Waals surface area contributed by atoms with Crippen LogP contribution in [0.2, 0.25) is 0 Å². The Balaban J connectivity index is 1.91. The van der Waals surface area contributed by atoms with Crippen LogP contribution in [0.3, 0.4) is 0 Å². The van der Waals surface area contributed by atoms with Crippen LogP contribution in [-0.2, 0) is 25.6 Å². The zero-order chi connectivity index (χ0) is 24.8. The predicted octanol–water partition coefficient (Wildman–Crippen LogP) is 3.29. The van der Waals surface area contributed by atoms with Gasteiger partial charge in [0.2, 0.25) is 0 Å². The van der Waals surface area contributed by atoms with E-state index in [1.54, 1.807) is 31.2 Å². The number of nitrogen functional groups attached to an aromatic ring is 1. The highest BCUT2D eigenvalue weighted by molar-refractivity contribution is 5.94. The van der Waals surface area contributed by atoms with E-state index in [1.165, 1.54) is 0 Å². The van der Waals surface area contributed by atoms with Gasteiger partial charge in [-0.05, 0) is 43.0 Å². The van der Waals surface area contributed by atoms with Crippen LogP contribution in [0, 0.1) is 17.0 Å². The first-order valence-corrected chi connectivity index (χ1v) is 10.9. The zero-order valence-electron chi connectivity index (χ0n) is 18.7. The number of ether oxygens (including phenoxy) is 2. The number of carboxylic acid groups (broad SMARTS) is 1. The number of carbonyl (C=O) groups is 2. The van der Waals surface area contributed by atoms with Crippen LogP contribution in [0.4, 0.5) is 8.78 Å². The molecular formula is C24H27F2N3O5. The minimum absolute atomic E-state index is 0.0308. The van der Waals surface area contributed by atoms with Crippen LogP contribution in [-0.4, -0.2) is 47.5 Å². The number of carbonyl (C=O) groups excluding carboxylic acids is 1. The summed E-state index contributed by atoms with van der Waals surface area (Å²) in [6.07, 6.45) is -0.658. The maximum atomic E-state index is 15.1. The molecule has 2 atom stereocenters. The van der Waals surface area contributed by atoms with Crippen LogP contribution in [0.25, 0.3) is 0 Å². The number of aliphatic carboxylic acids is 1. The summed E-state index contributed by atoms with van der Waals surface area (Å²) in [4.78, 5) is 25.7. The molecule has 0 bridgehead atoms. The van der Waals surface area contributed by atoms with E-state index in [0.717, 1.165) is 23.5 Å². The Morgan fingerprint density at radius 3 is 2.41 bits per heavy atom.